The fraction of sp³-hybridized carbons (Fsp3) is 0.389. The summed E-state index contributed by atoms with van der Waals surface area (Å²) in [6.45, 7) is 4.60. The molecule has 1 unspecified atom stereocenters. The first kappa shape index (κ1) is 29.7. The van der Waals surface area contributed by atoms with Gasteiger partial charge in [-0.1, -0.05) is 100 Å². The lowest BCUT2D eigenvalue weighted by atomic mass is 9.86. The molecule has 1 nitrogen and oxygen atoms in total. The van der Waals surface area contributed by atoms with E-state index in [4.69, 9.17) is 4.74 Å². The molecule has 4 heteroatoms. The normalized spacial score (nSPS) is 15.4. The molecule has 0 aliphatic heterocycles. The Kier molecular flexibility index (Phi) is 11.1. The van der Waals surface area contributed by atoms with Crippen molar-refractivity contribution in [3.8, 4) is 28.0 Å². The number of allylic oxidation sites excluding steroid dienone is 4. The van der Waals surface area contributed by atoms with Crippen molar-refractivity contribution < 1.29 is 17.9 Å². The molecule has 1 aliphatic rings. The van der Waals surface area contributed by atoms with E-state index in [2.05, 4.69) is 25.2 Å². The van der Waals surface area contributed by atoms with Crippen LogP contribution in [0, 0.1) is 23.4 Å². The number of rotatable bonds is 13. The molecule has 212 valence electrons. The van der Waals surface area contributed by atoms with Crippen molar-refractivity contribution in [3.05, 3.63) is 95.8 Å². The average Bonchev–Trinajstić information content (AvgIpc) is 2.97. The van der Waals surface area contributed by atoms with E-state index in [1.807, 2.05) is 31.2 Å². The zero-order valence-corrected chi connectivity index (χ0v) is 23.8. The van der Waals surface area contributed by atoms with Crippen LogP contribution >= 0.6 is 0 Å². The number of hydrogen-bond acceptors (Lipinski definition) is 1. The van der Waals surface area contributed by atoms with Gasteiger partial charge in [-0.2, -0.15) is 4.39 Å². The first-order valence-electron chi connectivity index (χ1n) is 14.8. The smallest absolute Gasteiger partial charge is 0.201 e. The summed E-state index contributed by atoms with van der Waals surface area (Å²) in [6.07, 6.45) is 17.2. The molecule has 0 radical (unpaired) electrons. The van der Waals surface area contributed by atoms with Gasteiger partial charge in [-0.05, 0) is 79.0 Å². The van der Waals surface area contributed by atoms with Crippen LogP contribution < -0.4 is 4.74 Å². The third kappa shape index (κ3) is 7.68. The lowest BCUT2D eigenvalue weighted by molar-refractivity contribution is 0.285. The third-order valence-corrected chi connectivity index (χ3v) is 7.81. The molecule has 0 bridgehead atoms. The molecule has 0 heterocycles. The van der Waals surface area contributed by atoms with Gasteiger partial charge in [0, 0.05) is 11.1 Å². The van der Waals surface area contributed by atoms with E-state index in [0.29, 0.717) is 23.7 Å². The molecule has 0 amide bonds. The Hall–Kier alpha value is -3.27. The molecule has 3 aromatic rings. The van der Waals surface area contributed by atoms with Gasteiger partial charge in [-0.25, -0.2) is 8.78 Å². The Balaban J connectivity index is 1.38. The lowest BCUT2D eigenvalue weighted by Gasteiger charge is -2.20. The first-order chi connectivity index (χ1) is 19.5. The van der Waals surface area contributed by atoms with E-state index in [0.717, 1.165) is 55.2 Å². The van der Waals surface area contributed by atoms with Gasteiger partial charge in [-0.3, -0.25) is 0 Å². The van der Waals surface area contributed by atoms with Gasteiger partial charge < -0.3 is 4.74 Å². The summed E-state index contributed by atoms with van der Waals surface area (Å²) in [5, 5.41) is 0. The van der Waals surface area contributed by atoms with E-state index in [-0.39, 0.29) is 17.1 Å². The van der Waals surface area contributed by atoms with Crippen molar-refractivity contribution in [1.29, 1.82) is 0 Å². The van der Waals surface area contributed by atoms with E-state index in [9.17, 15) is 8.78 Å². The van der Waals surface area contributed by atoms with Crippen LogP contribution in [0.15, 0.2) is 72.8 Å². The van der Waals surface area contributed by atoms with Crippen LogP contribution in [0.3, 0.4) is 0 Å². The van der Waals surface area contributed by atoms with Crippen LogP contribution in [0.2, 0.25) is 0 Å². The van der Waals surface area contributed by atoms with Crippen molar-refractivity contribution in [2.24, 2.45) is 5.92 Å². The Labute approximate surface area is 237 Å². The second kappa shape index (κ2) is 14.9. The Morgan fingerprint density at radius 2 is 1.45 bits per heavy atom. The summed E-state index contributed by atoms with van der Waals surface area (Å²) in [5.74, 6) is -1.64. The molecule has 0 N–H and O–H groups in total. The summed E-state index contributed by atoms with van der Waals surface area (Å²) in [7, 11) is 0. The van der Waals surface area contributed by atoms with E-state index in [1.165, 1.54) is 31.7 Å². The largest absolute Gasteiger partial charge is 0.490 e. The zero-order chi connectivity index (χ0) is 28.3. The van der Waals surface area contributed by atoms with E-state index in [1.54, 1.807) is 24.3 Å². The molecule has 4 rings (SSSR count). The Bertz CT molecular complexity index is 1310. The lowest BCUT2D eigenvalue weighted by Crippen LogP contribution is -2.03. The summed E-state index contributed by atoms with van der Waals surface area (Å²) in [5.41, 5.74) is 4.01. The first-order valence-corrected chi connectivity index (χ1v) is 14.8. The van der Waals surface area contributed by atoms with Gasteiger partial charge in [0.25, 0.3) is 0 Å². The molecule has 1 atom stereocenters. The SMILES string of the molecule is C/C=C/C1CC=C(c2ccc(-c3ccc(-c4ccc(OCCCCCCCCC)c(F)c4F)cc3)cc2F)CC1. The second-order valence-corrected chi connectivity index (χ2v) is 10.8. The molecule has 3 aromatic carbocycles. The van der Waals surface area contributed by atoms with Gasteiger partial charge in [0.2, 0.25) is 5.82 Å². The molecule has 40 heavy (non-hydrogen) atoms. The van der Waals surface area contributed by atoms with Crippen molar-refractivity contribution in [1.82, 2.24) is 0 Å². The maximum atomic E-state index is 15.1. The van der Waals surface area contributed by atoms with Crippen molar-refractivity contribution in [2.75, 3.05) is 6.61 Å². The summed E-state index contributed by atoms with van der Waals surface area (Å²) in [6, 6.07) is 15.5. The molecule has 0 fully saturated rings. The highest BCUT2D eigenvalue weighted by atomic mass is 19.2. The van der Waals surface area contributed by atoms with Crippen LogP contribution in [0.1, 0.15) is 83.6 Å². The standard InChI is InChI=1S/C36H41F3O/c1-3-5-6-7-8-9-10-24-40-34-23-22-32(35(38)36(34)39)29-18-16-27(17-19-29)30-20-21-31(33(37)25-30)28-14-12-26(11-4-2)13-15-28/h4,11,14,16-23,25-26H,3,5-10,12-13,15,24H2,1-2H3/b11-4+. The minimum absolute atomic E-state index is 0.0511. The second-order valence-electron chi connectivity index (χ2n) is 10.8. The summed E-state index contributed by atoms with van der Waals surface area (Å²) in [4.78, 5) is 0. The fourth-order valence-corrected chi connectivity index (χ4v) is 5.45. The maximum absolute atomic E-state index is 15.1. The highest BCUT2D eigenvalue weighted by Gasteiger charge is 2.18. The predicted molar refractivity (Wildman–Crippen MR) is 161 cm³/mol. The van der Waals surface area contributed by atoms with Crippen molar-refractivity contribution >= 4 is 5.57 Å². The molecular formula is C36H41F3O. The van der Waals surface area contributed by atoms with Crippen molar-refractivity contribution in [3.63, 3.8) is 0 Å². The number of benzene rings is 3. The third-order valence-electron chi connectivity index (χ3n) is 7.81. The maximum Gasteiger partial charge on any atom is 0.201 e. The fourth-order valence-electron chi connectivity index (χ4n) is 5.45. The molecule has 0 saturated heterocycles. The molecule has 0 saturated carbocycles. The molecule has 0 spiro atoms. The average molecular weight is 547 g/mol. The van der Waals surface area contributed by atoms with Crippen LogP contribution in [0.25, 0.3) is 27.8 Å². The summed E-state index contributed by atoms with van der Waals surface area (Å²) < 4.78 is 50.3. The predicted octanol–water partition coefficient (Wildman–Crippen LogP) is 11.3. The van der Waals surface area contributed by atoms with Gasteiger partial charge >= 0.3 is 0 Å². The Morgan fingerprint density at radius 3 is 2.12 bits per heavy atom. The number of unbranched alkanes of at least 4 members (excludes halogenated alkanes) is 6. The minimum Gasteiger partial charge on any atom is -0.490 e. The molecular weight excluding hydrogens is 505 g/mol. The van der Waals surface area contributed by atoms with Crippen LogP contribution in [0.5, 0.6) is 5.75 Å². The van der Waals surface area contributed by atoms with E-state index < -0.39 is 11.6 Å². The van der Waals surface area contributed by atoms with E-state index >= 15 is 4.39 Å². The van der Waals surface area contributed by atoms with Crippen molar-refractivity contribution in [2.45, 2.75) is 78.1 Å². The highest BCUT2D eigenvalue weighted by molar-refractivity contribution is 5.74. The monoisotopic (exact) mass is 546 g/mol. The topological polar surface area (TPSA) is 9.23 Å². The highest BCUT2D eigenvalue weighted by Crippen LogP contribution is 2.35. The number of hydrogen-bond donors (Lipinski definition) is 0. The molecule has 0 aromatic heterocycles. The Morgan fingerprint density at radius 1 is 0.775 bits per heavy atom. The zero-order valence-electron chi connectivity index (χ0n) is 23.8. The summed E-state index contributed by atoms with van der Waals surface area (Å²) >= 11 is 0. The van der Waals surface area contributed by atoms with Crippen LogP contribution in [0.4, 0.5) is 13.2 Å². The number of halogens is 3. The van der Waals surface area contributed by atoms with Crippen LogP contribution in [-0.4, -0.2) is 6.61 Å². The van der Waals surface area contributed by atoms with Gasteiger partial charge in [0.1, 0.15) is 5.82 Å². The van der Waals surface area contributed by atoms with Gasteiger partial charge in [-0.15, -0.1) is 0 Å². The van der Waals surface area contributed by atoms with Gasteiger partial charge in [0.15, 0.2) is 11.6 Å². The number of ether oxygens (including phenoxy) is 1. The molecule has 1 aliphatic carbocycles. The quantitative estimate of drug-likeness (QED) is 0.153. The van der Waals surface area contributed by atoms with Crippen LogP contribution in [-0.2, 0) is 0 Å². The van der Waals surface area contributed by atoms with Gasteiger partial charge in [0.05, 0.1) is 6.61 Å². The minimum atomic E-state index is -0.962.